The quantitative estimate of drug-likeness (QED) is 0.783. The summed E-state index contributed by atoms with van der Waals surface area (Å²) in [5.41, 5.74) is 1.74. The molecule has 0 bridgehead atoms. The molecule has 78 valence electrons. The van der Waals surface area contributed by atoms with E-state index < -0.39 is 0 Å². The average Bonchev–Trinajstić information content (AvgIpc) is 2.68. The van der Waals surface area contributed by atoms with Crippen molar-refractivity contribution in [3.8, 4) is 0 Å². The van der Waals surface area contributed by atoms with Gasteiger partial charge in [-0.25, -0.2) is 0 Å². The van der Waals surface area contributed by atoms with Gasteiger partial charge in [-0.05, 0) is 31.0 Å². The zero-order chi connectivity index (χ0) is 10.4. The van der Waals surface area contributed by atoms with Crippen LogP contribution in [0.1, 0.15) is 23.2 Å². The Morgan fingerprint density at radius 2 is 2.33 bits per heavy atom. The second-order valence-electron chi connectivity index (χ2n) is 3.99. The molecule has 1 aromatic carbocycles. The fourth-order valence-corrected chi connectivity index (χ4v) is 2.67. The molecule has 0 spiro atoms. The number of hydrogen-bond donors (Lipinski definition) is 1. The first-order chi connectivity index (χ1) is 7.25. The number of nitrogens with zero attached hydrogens (tertiary/aromatic N) is 1. The first-order valence-electron chi connectivity index (χ1n) is 5.13. The van der Waals surface area contributed by atoms with E-state index in [1.165, 1.54) is 0 Å². The van der Waals surface area contributed by atoms with Gasteiger partial charge in [-0.2, -0.15) is 0 Å². The molecule has 3 nitrogen and oxygen atoms in total. The van der Waals surface area contributed by atoms with E-state index in [0.717, 1.165) is 35.1 Å². The van der Waals surface area contributed by atoms with E-state index in [0.29, 0.717) is 0 Å². The van der Waals surface area contributed by atoms with Gasteiger partial charge in [-0.15, -0.1) is 0 Å². The van der Waals surface area contributed by atoms with Crippen LogP contribution in [0.4, 0.5) is 5.69 Å². The number of rotatable bonds is 0. The summed E-state index contributed by atoms with van der Waals surface area (Å²) in [5, 5.41) is 3.40. The van der Waals surface area contributed by atoms with Gasteiger partial charge in [-0.1, -0.05) is 15.9 Å². The summed E-state index contributed by atoms with van der Waals surface area (Å²) < 4.78 is 0.953. The number of hydrogen-bond acceptors (Lipinski definition) is 2. The van der Waals surface area contributed by atoms with Gasteiger partial charge in [0.05, 0.1) is 5.56 Å². The number of nitrogens with one attached hydrogen (secondary N) is 1. The first-order valence-corrected chi connectivity index (χ1v) is 5.92. The molecule has 3 rings (SSSR count). The van der Waals surface area contributed by atoms with Crippen molar-refractivity contribution < 1.29 is 4.79 Å². The molecule has 0 aliphatic carbocycles. The normalized spacial score (nSPS) is 23.4. The lowest BCUT2D eigenvalue weighted by Gasteiger charge is -2.32. The molecule has 2 heterocycles. The lowest BCUT2D eigenvalue weighted by molar-refractivity contribution is 0.0740. The number of benzene rings is 1. The van der Waals surface area contributed by atoms with Gasteiger partial charge < -0.3 is 10.2 Å². The van der Waals surface area contributed by atoms with E-state index in [1.807, 2.05) is 23.1 Å². The highest BCUT2D eigenvalue weighted by Crippen LogP contribution is 2.32. The van der Waals surface area contributed by atoms with Crippen molar-refractivity contribution in [1.29, 1.82) is 0 Å². The highest BCUT2D eigenvalue weighted by atomic mass is 79.9. The average molecular weight is 267 g/mol. The smallest absolute Gasteiger partial charge is 0.257 e. The standard InChI is InChI=1S/C11H11BrN2O/c12-7-3-4-9-8(6-7)11(15)14-5-1-2-10(14)13-9/h3-4,6,10,13H,1-2,5H2. The Hall–Kier alpha value is -1.03. The van der Waals surface area contributed by atoms with Gasteiger partial charge >= 0.3 is 0 Å². The number of amides is 1. The molecule has 1 saturated heterocycles. The van der Waals surface area contributed by atoms with Crippen molar-refractivity contribution in [2.24, 2.45) is 0 Å². The molecule has 0 saturated carbocycles. The second-order valence-corrected chi connectivity index (χ2v) is 4.91. The highest BCUT2D eigenvalue weighted by Gasteiger charge is 2.34. The molecule has 1 fully saturated rings. The summed E-state index contributed by atoms with van der Waals surface area (Å²) in [5.74, 6) is 0.160. The minimum Gasteiger partial charge on any atom is -0.364 e. The molecule has 1 atom stereocenters. The van der Waals surface area contributed by atoms with Gasteiger partial charge in [0.1, 0.15) is 6.17 Å². The van der Waals surface area contributed by atoms with E-state index >= 15 is 0 Å². The Labute approximate surface area is 96.6 Å². The molecule has 0 radical (unpaired) electrons. The maximum atomic E-state index is 12.1. The van der Waals surface area contributed by atoms with Crippen molar-refractivity contribution >= 4 is 27.5 Å². The van der Waals surface area contributed by atoms with Crippen LogP contribution in [0.15, 0.2) is 22.7 Å². The largest absolute Gasteiger partial charge is 0.364 e. The fourth-order valence-electron chi connectivity index (χ4n) is 2.31. The fraction of sp³-hybridized carbons (Fsp3) is 0.364. The van der Waals surface area contributed by atoms with Crippen molar-refractivity contribution in [1.82, 2.24) is 4.90 Å². The Morgan fingerprint density at radius 3 is 3.20 bits per heavy atom. The summed E-state index contributed by atoms with van der Waals surface area (Å²) in [6.45, 7) is 0.877. The van der Waals surface area contributed by atoms with Gasteiger partial charge in [0.2, 0.25) is 0 Å². The maximum Gasteiger partial charge on any atom is 0.257 e. The monoisotopic (exact) mass is 266 g/mol. The van der Waals surface area contributed by atoms with Crippen LogP contribution in [0, 0.1) is 0 Å². The van der Waals surface area contributed by atoms with E-state index in [1.54, 1.807) is 0 Å². The summed E-state index contributed by atoms with van der Waals surface area (Å²) >= 11 is 3.39. The zero-order valence-corrected chi connectivity index (χ0v) is 9.75. The molecule has 15 heavy (non-hydrogen) atoms. The molecule has 1 amide bonds. The third-order valence-electron chi connectivity index (χ3n) is 3.05. The van der Waals surface area contributed by atoms with E-state index in [2.05, 4.69) is 21.2 Å². The van der Waals surface area contributed by atoms with Crippen molar-refractivity contribution in [3.63, 3.8) is 0 Å². The van der Waals surface area contributed by atoms with Gasteiger partial charge in [-0.3, -0.25) is 4.79 Å². The van der Waals surface area contributed by atoms with Crippen LogP contribution in [0.2, 0.25) is 0 Å². The lowest BCUT2D eigenvalue weighted by atomic mass is 10.1. The maximum absolute atomic E-state index is 12.1. The molecule has 1 N–H and O–H groups in total. The van der Waals surface area contributed by atoms with Crippen LogP contribution in [-0.4, -0.2) is 23.5 Å². The van der Waals surface area contributed by atoms with E-state index in [9.17, 15) is 4.79 Å². The van der Waals surface area contributed by atoms with Crippen LogP contribution in [0.3, 0.4) is 0 Å². The van der Waals surface area contributed by atoms with Gasteiger partial charge in [0, 0.05) is 16.7 Å². The van der Waals surface area contributed by atoms with Crippen molar-refractivity contribution in [2.45, 2.75) is 19.0 Å². The number of anilines is 1. The summed E-state index contributed by atoms with van der Waals surface area (Å²) in [6, 6.07) is 5.82. The second kappa shape index (κ2) is 3.23. The molecule has 0 aromatic heterocycles. The Morgan fingerprint density at radius 1 is 1.47 bits per heavy atom. The number of carbonyl (C=O) groups excluding carboxylic acids is 1. The Bertz CT molecular complexity index is 433. The number of carbonyl (C=O) groups is 1. The van der Waals surface area contributed by atoms with E-state index in [-0.39, 0.29) is 12.1 Å². The Kier molecular flexibility index (Phi) is 1.99. The van der Waals surface area contributed by atoms with E-state index in [4.69, 9.17) is 0 Å². The van der Waals surface area contributed by atoms with Gasteiger partial charge in [0.15, 0.2) is 0 Å². The predicted molar refractivity (Wildman–Crippen MR) is 61.8 cm³/mol. The van der Waals surface area contributed by atoms with Crippen LogP contribution >= 0.6 is 15.9 Å². The molecule has 2 aliphatic heterocycles. The summed E-state index contributed by atoms with van der Waals surface area (Å²) in [7, 11) is 0. The first kappa shape index (κ1) is 9.21. The zero-order valence-electron chi connectivity index (χ0n) is 8.16. The third-order valence-corrected chi connectivity index (χ3v) is 3.54. The van der Waals surface area contributed by atoms with Crippen LogP contribution in [0.5, 0.6) is 0 Å². The topological polar surface area (TPSA) is 32.3 Å². The molecule has 4 heteroatoms. The third kappa shape index (κ3) is 1.35. The summed E-state index contributed by atoms with van der Waals surface area (Å²) in [4.78, 5) is 14.0. The highest BCUT2D eigenvalue weighted by molar-refractivity contribution is 9.10. The van der Waals surface area contributed by atoms with Crippen LogP contribution in [-0.2, 0) is 0 Å². The molecule has 1 aromatic rings. The van der Waals surface area contributed by atoms with Crippen molar-refractivity contribution in [3.05, 3.63) is 28.2 Å². The van der Waals surface area contributed by atoms with Crippen LogP contribution < -0.4 is 5.32 Å². The lowest BCUT2D eigenvalue weighted by Crippen LogP contribution is -2.44. The number of halogens is 1. The molecular weight excluding hydrogens is 256 g/mol. The minimum absolute atomic E-state index is 0.160. The SMILES string of the molecule is O=C1c2cc(Br)ccc2NC2CCCN12. The Balaban J connectivity index is 2.09. The van der Waals surface area contributed by atoms with Gasteiger partial charge in [0.25, 0.3) is 5.91 Å². The molecule has 2 aliphatic rings. The minimum atomic E-state index is 0.160. The van der Waals surface area contributed by atoms with Crippen LogP contribution in [0.25, 0.3) is 0 Å². The molecular formula is C11H11BrN2O. The predicted octanol–water partition coefficient (Wildman–Crippen LogP) is 2.44. The summed E-state index contributed by atoms with van der Waals surface area (Å²) in [6.07, 6.45) is 2.37. The number of fused-ring (bicyclic) bond motifs is 2. The molecule has 1 unspecified atom stereocenters. The van der Waals surface area contributed by atoms with Crippen molar-refractivity contribution in [2.75, 3.05) is 11.9 Å².